The van der Waals surface area contributed by atoms with Gasteiger partial charge in [-0.05, 0) is 32.7 Å². The first-order chi connectivity index (χ1) is 10.2. The van der Waals surface area contributed by atoms with Crippen molar-refractivity contribution in [2.45, 2.75) is 52.5 Å². The monoisotopic (exact) mass is 291 g/mol. The van der Waals surface area contributed by atoms with E-state index in [9.17, 15) is 0 Å². The second kappa shape index (κ2) is 7.59. The highest BCUT2D eigenvalue weighted by molar-refractivity contribution is 5.57. The van der Waals surface area contributed by atoms with E-state index >= 15 is 0 Å². The quantitative estimate of drug-likeness (QED) is 0.732. The fourth-order valence-corrected chi connectivity index (χ4v) is 2.67. The Labute approximate surface area is 128 Å². The normalized spacial score (nSPS) is 14.5. The topological polar surface area (TPSA) is 53.1 Å². The Balaban J connectivity index is 1.98. The molecule has 2 rings (SSSR count). The van der Waals surface area contributed by atoms with Gasteiger partial charge < -0.3 is 10.6 Å². The molecule has 0 unspecified atom stereocenters. The van der Waals surface area contributed by atoms with Gasteiger partial charge in [-0.15, -0.1) is 0 Å². The molecule has 0 aromatic carbocycles. The van der Waals surface area contributed by atoms with E-state index in [0.717, 1.165) is 61.5 Å². The van der Waals surface area contributed by atoms with Gasteiger partial charge >= 0.3 is 0 Å². The molecule has 5 heteroatoms. The lowest BCUT2D eigenvalue weighted by molar-refractivity contribution is 0.289. The number of aryl methyl sites for hydroxylation is 1. The lowest BCUT2D eigenvalue weighted by Crippen LogP contribution is -2.31. The molecule has 118 valence electrons. The van der Waals surface area contributed by atoms with Crippen molar-refractivity contribution in [1.82, 2.24) is 14.9 Å². The van der Waals surface area contributed by atoms with Gasteiger partial charge in [-0.25, -0.2) is 9.97 Å². The summed E-state index contributed by atoms with van der Waals surface area (Å²) >= 11 is 0. The maximum Gasteiger partial charge on any atom is 0.134 e. The molecule has 2 N–H and O–H groups in total. The molecule has 0 radical (unpaired) electrons. The number of nitrogens with zero attached hydrogens (tertiary/aromatic N) is 3. The van der Waals surface area contributed by atoms with Crippen LogP contribution in [0.4, 0.5) is 11.6 Å². The van der Waals surface area contributed by atoms with E-state index in [1.807, 2.05) is 7.05 Å². The third kappa shape index (κ3) is 4.30. The number of likely N-dealkylation sites (N-methyl/N-ethyl adjacent to an activating group) is 1. The zero-order chi connectivity index (χ0) is 15.2. The van der Waals surface area contributed by atoms with Crippen molar-refractivity contribution >= 4 is 11.6 Å². The van der Waals surface area contributed by atoms with Crippen molar-refractivity contribution in [1.29, 1.82) is 0 Å². The molecule has 21 heavy (non-hydrogen) atoms. The maximum absolute atomic E-state index is 4.67. The molecule has 1 aliphatic carbocycles. The van der Waals surface area contributed by atoms with Crippen LogP contribution in [0.1, 0.15) is 44.5 Å². The number of hydrogen-bond acceptors (Lipinski definition) is 5. The summed E-state index contributed by atoms with van der Waals surface area (Å²) < 4.78 is 0. The average molecular weight is 291 g/mol. The molecule has 1 heterocycles. The van der Waals surface area contributed by atoms with Gasteiger partial charge in [0, 0.05) is 38.2 Å². The number of hydrogen-bond donors (Lipinski definition) is 2. The van der Waals surface area contributed by atoms with Gasteiger partial charge in [0.2, 0.25) is 0 Å². The highest BCUT2D eigenvalue weighted by atomic mass is 15.2. The van der Waals surface area contributed by atoms with Gasteiger partial charge in [0.1, 0.15) is 17.5 Å². The minimum atomic E-state index is 0.826. The number of anilines is 2. The Morgan fingerprint density at radius 3 is 2.48 bits per heavy atom. The minimum absolute atomic E-state index is 0.826. The van der Waals surface area contributed by atoms with E-state index in [2.05, 4.69) is 46.3 Å². The molecule has 1 saturated carbocycles. The smallest absolute Gasteiger partial charge is 0.134 e. The second-order valence-corrected chi connectivity index (χ2v) is 5.75. The highest BCUT2D eigenvalue weighted by Gasteiger charge is 2.27. The molecular weight excluding hydrogens is 262 g/mol. The van der Waals surface area contributed by atoms with E-state index in [1.165, 1.54) is 12.8 Å². The number of aromatic nitrogens is 2. The average Bonchev–Trinajstić information content (AvgIpc) is 3.31. The van der Waals surface area contributed by atoms with Crippen LogP contribution in [0, 0.1) is 6.92 Å². The summed E-state index contributed by atoms with van der Waals surface area (Å²) in [4.78, 5) is 11.8. The summed E-state index contributed by atoms with van der Waals surface area (Å²) in [7, 11) is 1.92. The van der Waals surface area contributed by atoms with Crippen LogP contribution in [0.25, 0.3) is 0 Å². The molecule has 1 aromatic heterocycles. The molecular formula is C16H29N5. The Hall–Kier alpha value is -1.36. The SMILES string of the molecule is CCCc1nc(NC)c(C)c(NCCN(CC)C2CC2)n1. The first-order valence-electron chi connectivity index (χ1n) is 8.22. The standard InChI is InChI=1S/C16H29N5/c1-5-7-14-19-15(17-4)12(3)16(20-14)18-10-11-21(6-2)13-8-9-13/h13H,5-11H2,1-4H3,(H2,17,18,19,20). The molecule has 0 saturated heterocycles. The van der Waals surface area contributed by atoms with Gasteiger partial charge in [-0.1, -0.05) is 13.8 Å². The van der Waals surface area contributed by atoms with Crippen LogP contribution in [0.5, 0.6) is 0 Å². The van der Waals surface area contributed by atoms with Crippen LogP contribution in [-0.2, 0) is 6.42 Å². The van der Waals surface area contributed by atoms with E-state index in [4.69, 9.17) is 0 Å². The fraction of sp³-hybridized carbons (Fsp3) is 0.750. The molecule has 5 nitrogen and oxygen atoms in total. The van der Waals surface area contributed by atoms with E-state index in [-0.39, 0.29) is 0 Å². The fourth-order valence-electron chi connectivity index (χ4n) is 2.67. The van der Waals surface area contributed by atoms with E-state index in [1.54, 1.807) is 0 Å². The van der Waals surface area contributed by atoms with Crippen molar-refractivity contribution in [2.24, 2.45) is 0 Å². The Morgan fingerprint density at radius 1 is 1.19 bits per heavy atom. The van der Waals surface area contributed by atoms with Crippen LogP contribution in [0.3, 0.4) is 0 Å². The third-order valence-corrected chi connectivity index (χ3v) is 4.06. The van der Waals surface area contributed by atoms with E-state index < -0.39 is 0 Å². The van der Waals surface area contributed by atoms with Crippen LogP contribution in [0.15, 0.2) is 0 Å². The second-order valence-electron chi connectivity index (χ2n) is 5.75. The van der Waals surface area contributed by atoms with Crippen molar-refractivity contribution < 1.29 is 0 Å². The third-order valence-electron chi connectivity index (χ3n) is 4.06. The van der Waals surface area contributed by atoms with Crippen LogP contribution in [0.2, 0.25) is 0 Å². The van der Waals surface area contributed by atoms with Gasteiger partial charge in [0.05, 0.1) is 0 Å². The van der Waals surface area contributed by atoms with E-state index in [0.29, 0.717) is 0 Å². The van der Waals surface area contributed by atoms with Crippen LogP contribution < -0.4 is 10.6 Å². The van der Waals surface area contributed by atoms with Gasteiger partial charge in [-0.3, -0.25) is 4.90 Å². The Morgan fingerprint density at radius 2 is 1.90 bits per heavy atom. The van der Waals surface area contributed by atoms with Gasteiger partial charge in [0.15, 0.2) is 0 Å². The Bertz CT molecular complexity index is 456. The number of nitrogens with one attached hydrogen (secondary N) is 2. The Kier molecular flexibility index (Phi) is 5.79. The summed E-state index contributed by atoms with van der Waals surface area (Å²) in [5.41, 5.74) is 1.10. The van der Waals surface area contributed by atoms with Crippen molar-refractivity contribution in [3.8, 4) is 0 Å². The van der Waals surface area contributed by atoms with Gasteiger partial charge in [-0.2, -0.15) is 0 Å². The first kappa shape index (κ1) is 16.0. The number of rotatable bonds is 9. The highest BCUT2D eigenvalue weighted by Crippen LogP contribution is 2.26. The zero-order valence-corrected chi connectivity index (χ0v) is 13.9. The van der Waals surface area contributed by atoms with Crippen molar-refractivity contribution in [3.05, 3.63) is 11.4 Å². The summed E-state index contributed by atoms with van der Waals surface area (Å²) in [6.45, 7) is 9.64. The summed E-state index contributed by atoms with van der Waals surface area (Å²) in [5.74, 6) is 2.83. The molecule has 0 bridgehead atoms. The van der Waals surface area contributed by atoms with Crippen LogP contribution >= 0.6 is 0 Å². The first-order valence-corrected chi connectivity index (χ1v) is 8.22. The molecule has 0 spiro atoms. The largest absolute Gasteiger partial charge is 0.373 e. The lowest BCUT2D eigenvalue weighted by atomic mass is 10.2. The molecule has 0 atom stereocenters. The summed E-state index contributed by atoms with van der Waals surface area (Å²) in [5, 5.41) is 6.67. The predicted molar refractivity (Wildman–Crippen MR) is 89.1 cm³/mol. The van der Waals surface area contributed by atoms with Crippen molar-refractivity contribution in [2.75, 3.05) is 37.3 Å². The molecule has 1 aliphatic rings. The molecule has 0 aliphatic heterocycles. The molecule has 1 fully saturated rings. The minimum Gasteiger partial charge on any atom is -0.373 e. The lowest BCUT2D eigenvalue weighted by Gasteiger charge is -2.20. The maximum atomic E-state index is 4.67. The van der Waals surface area contributed by atoms with Crippen LogP contribution in [-0.4, -0.2) is 47.6 Å². The molecule has 0 amide bonds. The molecule has 1 aromatic rings. The predicted octanol–water partition coefficient (Wildman–Crippen LogP) is 2.68. The summed E-state index contributed by atoms with van der Waals surface area (Å²) in [6, 6.07) is 0.826. The summed E-state index contributed by atoms with van der Waals surface area (Å²) in [6.07, 6.45) is 4.72. The van der Waals surface area contributed by atoms with Crippen molar-refractivity contribution in [3.63, 3.8) is 0 Å². The zero-order valence-electron chi connectivity index (χ0n) is 13.9. The van der Waals surface area contributed by atoms with Gasteiger partial charge in [0.25, 0.3) is 0 Å².